The molecule has 2 aliphatic heterocycles. The van der Waals surface area contributed by atoms with Crippen LogP contribution in [0.2, 0.25) is 0 Å². The molecule has 3 aliphatic rings. The maximum Gasteiger partial charge on any atom is 0.414 e. The van der Waals surface area contributed by atoms with Gasteiger partial charge in [0, 0.05) is 32.1 Å². The summed E-state index contributed by atoms with van der Waals surface area (Å²) in [5.41, 5.74) is 0.878. The van der Waals surface area contributed by atoms with Gasteiger partial charge in [0.05, 0.1) is 29.5 Å². The minimum atomic E-state index is -0.516. The molecule has 32 heavy (non-hydrogen) atoms. The van der Waals surface area contributed by atoms with Gasteiger partial charge in [0.2, 0.25) is 5.91 Å². The summed E-state index contributed by atoms with van der Waals surface area (Å²) in [6, 6.07) is 4.72. The van der Waals surface area contributed by atoms with Gasteiger partial charge in [-0.05, 0) is 31.0 Å². The van der Waals surface area contributed by atoms with E-state index in [9.17, 15) is 14.0 Å². The predicted octanol–water partition coefficient (Wildman–Crippen LogP) is 1.90. The molecule has 2 N–H and O–H groups in total. The number of piperazine rings is 1. The lowest BCUT2D eigenvalue weighted by Crippen LogP contribution is -2.49. The van der Waals surface area contributed by atoms with Crippen molar-refractivity contribution in [1.29, 1.82) is 0 Å². The molecule has 4 rings (SSSR count). The number of carbonyl (C=O) groups is 2. The number of anilines is 2. The Morgan fingerprint density at radius 1 is 1.22 bits per heavy atom. The first-order valence-electron chi connectivity index (χ1n) is 11.1. The first kappa shape index (κ1) is 22.7. The molecular weight excluding hydrogens is 435 g/mol. The smallest absolute Gasteiger partial charge is 0.414 e. The highest BCUT2D eigenvalue weighted by Gasteiger charge is 2.33. The first-order chi connectivity index (χ1) is 15.5. The zero-order valence-corrected chi connectivity index (χ0v) is 18.8. The zero-order chi connectivity index (χ0) is 22.7. The van der Waals surface area contributed by atoms with Gasteiger partial charge in [-0.1, -0.05) is 25.1 Å². The molecule has 174 valence electrons. The Labute approximate surface area is 192 Å². The fraction of sp³-hybridized carbons (Fsp3) is 0.591. The van der Waals surface area contributed by atoms with Crippen LogP contribution in [-0.4, -0.2) is 79.0 Å². The first-order valence-corrected chi connectivity index (χ1v) is 11.6. The van der Waals surface area contributed by atoms with Gasteiger partial charge in [-0.3, -0.25) is 9.69 Å². The number of rotatable bonds is 6. The van der Waals surface area contributed by atoms with Crippen LogP contribution in [0.5, 0.6) is 0 Å². The Bertz CT molecular complexity index is 871. The predicted molar refractivity (Wildman–Crippen MR) is 122 cm³/mol. The van der Waals surface area contributed by atoms with Crippen LogP contribution in [0, 0.1) is 11.7 Å². The molecule has 2 heterocycles. The number of aliphatic hydroxyl groups excluding tert-OH is 1. The number of halogens is 1. The van der Waals surface area contributed by atoms with E-state index in [1.54, 1.807) is 17.0 Å². The summed E-state index contributed by atoms with van der Waals surface area (Å²) in [6.07, 6.45) is 3.79. The third-order valence-corrected chi connectivity index (χ3v) is 6.93. The summed E-state index contributed by atoms with van der Waals surface area (Å²) in [6.45, 7) is 2.07. The van der Waals surface area contributed by atoms with E-state index in [0.717, 1.165) is 17.8 Å². The standard InChI is InChI=1S/C22H29FN4O4S/c23-18-11-16(5-6-19(18)25-7-9-26(10-8-25)20(29)14-28)27-13-17(31-22(27)30)12-24-21(32)15-3-1-2-4-15/h5-6,11,15,17,28H,1-4,7-10,12-14H2,(H,24,32)/t17-/m0/s1. The molecule has 0 bridgehead atoms. The molecule has 2 saturated heterocycles. The molecular formula is C22H29FN4O4S. The molecule has 0 aromatic heterocycles. The number of aliphatic hydroxyl groups is 1. The number of amides is 2. The Morgan fingerprint density at radius 2 is 1.94 bits per heavy atom. The van der Waals surface area contributed by atoms with E-state index in [4.69, 9.17) is 22.1 Å². The van der Waals surface area contributed by atoms with E-state index in [-0.39, 0.29) is 12.0 Å². The maximum absolute atomic E-state index is 14.9. The van der Waals surface area contributed by atoms with Crippen molar-refractivity contribution in [2.75, 3.05) is 55.7 Å². The molecule has 0 radical (unpaired) electrons. The molecule has 1 aromatic rings. The number of hydrogen-bond donors (Lipinski definition) is 2. The monoisotopic (exact) mass is 464 g/mol. The lowest BCUT2D eigenvalue weighted by atomic mass is 10.1. The highest BCUT2D eigenvalue weighted by Crippen LogP contribution is 2.29. The third-order valence-electron chi connectivity index (χ3n) is 6.46. The molecule has 0 spiro atoms. The molecule has 1 aromatic carbocycles. The highest BCUT2D eigenvalue weighted by atomic mass is 32.1. The van der Waals surface area contributed by atoms with Crippen molar-refractivity contribution in [1.82, 2.24) is 10.2 Å². The number of carbonyl (C=O) groups excluding carboxylic acids is 2. The average molecular weight is 465 g/mol. The van der Waals surface area contributed by atoms with Gasteiger partial charge >= 0.3 is 6.09 Å². The highest BCUT2D eigenvalue weighted by molar-refractivity contribution is 7.80. The van der Waals surface area contributed by atoms with E-state index >= 15 is 0 Å². The van der Waals surface area contributed by atoms with Crippen molar-refractivity contribution >= 4 is 40.6 Å². The fourth-order valence-electron chi connectivity index (χ4n) is 4.60. The van der Waals surface area contributed by atoms with Crippen LogP contribution < -0.4 is 15.1 Å². The van der Waals surface area contributed by atoms with Crippen LogP contribution in [-0.2, 0) is 9.53 Å². The number of hydrogen-bond acceptors (Lipinski definition) is 6. The minimum Gasteiger partial charge on any atom is -0.442 e. The van der Waals surface area contributed by atoms with Crippen LogP contribution in [0.25, 0.3) is 0 Å². The lowest BCUT2D eigenvalue weighted by Gasteiger charge is -2.36. The molecule has 3 fully saturated rings. The minimum absolute atomic E-state index is 0.318. The van der Waals surface area contributed by atoms with Crippen molar-refractivity contribution in [3.8, 4) is 0 Å². The van der Waals surface area contributed by atoms with E-state index in [1.807, 2.05) is 4.90 Å². The SMILES string of the molecule is O=C(CO)N1CCN(c2ccc(N3C[C@H](CNC(=S)C4CCCC4)OC3=O)cc2F)CC1. The van der Waals surface area contributed by atoms with E-state index in [2.05, 4.69) is 5.32 Å². The summed E-state index contributed by atoms with van der Waals surface area (Å²) in [5.74, 6) is -0.328. The Hall–Kier alpha value is -2.46. The normalized spacial score (nSPS) is 21.8. The topological polar surface area (TPSA) is 85.3 Å². The maximum atomic E-state index is 14.9. The number of benzene rings is 1. The van der Waals surface area contributed by atoms with Gasteiger partial charge in [0.15, 0.2) is 0 Å². The average Bonchev–Trinajstić information content (AvgIpc) is 3.47. The van der Waals surface area contributed by atoms with Crippen molar-refractivity contribution in [3.63, 3.8) is 0 Å². The number of thiocarbonyl (C=S) groups is 1. The van der Waals surface area contributed by atoms with Crippen molar-refractivity contribution in [2.24, 2.45) is 5.92 Å². The summed E-state index contributed by atoms with van der Waals surface area (Å²) in [7, 11) is 0. The second-order valence-electron chi connectivity index (χ2n) is 8.50. The Kier molecular flexibility index (Phi) is 7.10. The van der Waals surface area contributed by atoms with Gasteiger partial charge in [-0.15, -0.1) is 0 Å². The summed E-state index contributed by atoms with van der Waals surface area (Å²) in [5, 5.41) is 12.2. The lowest BCUT2D eigenvalue weighted by molar-refractivity contribution is -0.134. The second-order valence-corrected chi connectivity index (χ2v) is 8.94. The van der Waals surface area contributed by atoms with Gasteiger partial charge < -0.3 is 25.0 Å². The van der Waals surface area contributed by atoms with Crippen LogP contribution in [0.15, 0.2) is 18.2 Å². The van der Waals surface area contributed by atoms with Crippen LogP contribution >= 0.6 is 12.2 Å². The Morgan fingerprint density at radius 3 is 2.59 bits per heavy atom. The fourth-order valence-corrected chi connectivity index (χ4v) is 4.92. The van der Waals surface area contributed by atoms with Gasteiger partial charge in [0.25, 0.3) is 0 Å². The molecule has 1 saturated carbocycles. The second kappa shape index (κ2) is 9.99. The summed E-state index contributed by atoms with van der Waals surface area (Å²) in [4.78, 5) is 29.7. The number of nitrogens with one attached hydrogen (secondary N) is 1. The number of ether oxygens (including phenoxy) is 1. The third kappa shape index (κ3) is 4.96. The molecule has 1 aliphatic carbocycles. The largest absolute Gasteiger partial charge is 0.442 e. The molecule has 1 atom stereocenters. The van der Waals surface area contributed by atoms with E-state index in [1.165, 1.54) is 23.8 Å². The van der Waals surface area contributed by atoms with Crippen LogP contribution in [0.1, 0.15) is 25.7 Å². The van der Waals surface area contributed by atoms with E-state index in [0.29, 0.717) is 56.6 Å². The van der Waals surface area contributed by atoms with Gasteiger partial charge in [-0.2, -0.15) is 0 Å². The summed E-state index contributed by atoms with van der Waals surface area (Å²) < 4.78 is 20.3. The Balaban J connectivity index is 1.33. The van der Waals surface area contributed by atoms with E-state index < -0.39 is 18.5 Å². The van der Waals surface area contributed by atoms with Crippen LogP contribution in [0.3, 0.4) is 0 Å². The van der Waals surface area contributed by atoms with Crippen molar-refractivity contribution in [3.05, 3.63) is 24.0 Å². The molecule has 0 unspecified atom stereocenters. The molecule has 10 heteroatoms. The van der Waals surface area contributed by atoms with Crippen molar-refractivity contribution < 1.29 is 23.8 Å². The van der Waals surface area contributed by atoms with Gasteiger partial charge in [0.1, 0.15) is 18.5 Å². The zero-order valence-electron chi connectivity index (χ0n) is 18.0. The summed E-state index contributed by atoms with van der Waals surface area (Å²) >= 11 is 5.47. The quantitative estimate of drug-likeness (QED) is 0.622. The molecule has 2 amide bonds. The van der Waals surface area contributed by atoms with Crippen LogP contribution in [0.4, 0.5) is 20.6 Å². The number of nitrogens with zero attached hydrogens (tertiary/aromatic N) is 3. The van der Waals surface area contributed by atoms with Crippen molar-refractivity contribution in [2.45, 2.75) is 31.8 Å². The van der Waals surface area contributed by atoms with Gasteiger partial charge in [-0.25, -0.2) is 9.18 Å². The number of cyclic esters (lactones) is 1. The molecule has 8 nitrogen and oxygen atoms in total.